The van der Waals surface area contributed by atoms with Crippen LogP contribution in [0.1, 0.15) is 0 Å². The summed E-state index contributed by atoms with van der Waals surface area (Å²) in [6.45, 7) is 0. The number of hydrogen-bond donors (Lipinski definition) is 0. The molecule has 0 atom stereocenters. The Morgan fingerprint density at radius 1 is 0.239 bits per heavy atom. The Morgan fingerprint density at radius 3 is 1.13 bits per heavy atom. The maximum atomic E-state index is 2.35. The van der Waals surface area contributed by atoms with E-state index >= 15 is 0 Å². The van der Waals surface area contributed by atoms with Gasteiger partial charge in [0, 0.05) is 0 Å². The van der Waals surface area contributed by atoms with Crippen molar-refractivity contribution >= 4 is 43.1 Å². The second-order valence-corrected chi connectivity index (χ2v) is 12.1. The molecule has 0 aromatic heterocycles. The van der Waals surface area contributed by atoms with Crippen molar-refractivity contribution in [2.24, 2.45) is 0 Å². The lowest BCUT2D eigenvalue weighted by Crippen LogP contribution is -1.95. The van der Waals surface area contributed by atoms with Gasteiger partial charge in [-0.2, -0.15) is 0 Å². The third-order valence-corrected chi connectivity index (χ3v) is 9.41. The van der Waals surface area contributed by atoms with Gasteiger partial charge in [-0.05, 0) is 99.7 Å². The van der Waals surface area contributed by atoms with E-state index in [0.717, 1.165) is 0 Å². The molecule has 0 spiro atoms. The van der Waals surface area contributed by atoms with E-state index in [2.05, 4.69) is 182 Å². The Labute approximate surface area is 268 Å². The molecule has 0 radical (unpaired) electrons. The summed E-state index contributed by atoms with van der Waals surface area (Å²) in [7, 11) is 0. The topological polar surface area (TPSA) is 0 Å². The summed E-state index contributed by atoms with van der Waals surface area (Å²) in [6, 6.07) is 66.6. The Hall–Kier alpha value is -5.98. The highest BCUT2D eigenvalue weighted by molar-refractivity contribution is 6.27. The zero-order chi connectivity index (χ0) is 30.5. The molecule has 0 heterocycles. The molecule has 0 saturated carbocycles. The van der Waals surface area contributed by atoms with Crippen LogP contribution in [0.5, 0.6) is 0 Å². The van der Waals surface area contributed by atoms with E-state index in [1.807, 2.05) is 0 Å². The van der Waals surface area contributed by atoms with E-state index in [1.165, 1.54) is 87.6 Å². The van der Waals surface area contributed by atoms with Crippen molar-refractivity contribution in [1.29, 1.82) is 0 Å². The minimum atomic E-state index is 1.22. The smallest absolute Gasteiger partial charge is 0.00139 e. The van der Waals surface area contributed by atoms with Crippen molar-refractivity contribution in [2.75, 3.05) is 0 Å². The van der Waals surface area contributed by atoms with Gasteiger partial charge in [-0.1, -0.05) is 170 Å². The second kappa shape index (κ2) is 10.9. The molecule has 0 N–H and O–H groups in total. The first-order valence-electron chi connectivity index (χ1n) is 15.9. The van der Waals surface area contributed by atoms with Crippen molar-refractivity contribution < 1.29 is 0 Å². The fourth-order valence-corrected chi connectivity index (χ4v) is 7.33. The minimum Gasteiger partial charge on any atom is -0.0622 e. The first-order chi connectivity index (χ1) is 22.8. The van der Waals surface area contributed by atoms with Crippen LogP contribution >= 0.6 is 0 Å². The first kappa shape index (κ1) is 26.4. The lowest BCUT2D eigenvalue weighted by atomic mass is 9.80. The van der Waals surface area contributed by atoms with Gasteiger partial charge < -0.3 is 0 Å². The predicted molar refractivity (Wildman–Crippen MR) is 198 cm³/mol. The van der Waals surface area contributed by atoms with E-state index in [1.54, 1.807) is 0 Å². The lowest BCUT2D eigenvalue weighted by Gasteiger charge is -2.22. The third kappa shape index (κ3) is 4.30. The van der Waals surface area contributed by atoms with Gasteiger partial charge in [0.05, 0.1) is 0 Å². The van der Waals surface area contributed by atoms with E-state index in [-0.39, 0.29) is 0 Å². The summed E-state index contributed by atoms with van der Waals surface area (Å²) in [5.74, 6) is 0. The van der Waals surface area contributed by atoms with E-state index in [4.69, 9.17) is 0 Å². The van der Waals surface area contributed by atoms with Gasteiger partial charge in [0.1, 0.15) is 0 Å². The molecule has 0 fully saturated rings. The van der Waals surface area contributed by atoms with Crippen molar-refractivity contribution in [2.45, 2.75) is 0 Å². The van der Waals surface area contributed by atoms with Crippen molar-refractivity contribution in [1.82, 2.24) is 0 Å². The highest BCUT2D eigenvalue weighted by Crippen LogP contribution is 2.49. The van der Waals surface area contributed by atoms with Crippen LogP contribution in [0.25, 0.3) is 87.6 Å². The van der Waals surface area contributed by atoms with Crippen LogP contribution < -0.4 is 0 Å². The number of hydrogen-bond acceptors (Lipinski definition) is 0. The molecule has 0 amide bonds. The van der Waals surface area contributed by atoms with E-state index < -0.39 is 0 Å². The molecule has 0 unspecified atom stereocenters. The molecule has 0 aliphatic carbocycles. The monoisotopic (exact) mass is 582 g/mol. The molecule has 46 heavy (non-hydrogen) atoms. The van der Waals surface area contributed by atoms with Gasteiger partial charge >= 0.3 is 0 Å². The zero-order valence-electron chi connectivity index (χ0n) is 25.3. The summed E-state index contributed by atoms with van der Waals surface area (Å²) < 4.78 is 0. The second-order valence-electron chi connectivity index (χ2n) is 12.1. The van der Waals surface area contributed by atoms with Crippen LogP contribution in [0.2, 0.25) is 0 Å². The molecule has 0 bridgehead atoms. The van der Waals surface area contributed by atoms with Gasteiger partial charge in [0.2, 0.25) is 0 Å². The maximum Gasteiger partial charge on any atom is -0.00139 e. The average molecular weight is 583 g/mol. The molecule has 0 aliphatic rings. The molecule has 9 aromatic carbocycles. The summed E-state index contributed by atoms with van der Waals surface area (Å²) in [5.41, 5.74) is 9.94. The summed E-state index contributed by atoms with van der Waals surface area (Å²) in [5, 5.41) is 10.1. The van der Waals surface area contributed by atoms with Crippen LogP contribution in [0.3, 0.4) is 0 Å². The summed E-state index contributed by atoms with van der Waals surface area (Å²) >= 11 is 0. The average Bonchev–Trinajstić information content (AvgIpc) is 3.13. The normalized spacial score (nSPS) is 11.5. The Kier molecular flexibility index (Phi) is 6.25. The van der Waals surface area contributed by atoms with E-state index in [0.29, 0.717) is 0 Å². The van der Waals surface area contributed by atoms with Gasteiger partial charge in [0.15, 0.2) is 0 Å². The Balaban J connectivity index is 1.50. The number of fused-ring (bicyclic) bond motifs is 4. The molecular weight excluding hydrogens is 553 g/mol. The number of benzene rings is 9. The Morgan fingerprint density at radius 2 is 0.652 bits per heavy atom. The minimum absolute atomic E-state index is 1.22. The van der Waals surface area contributed by atoms with Crippen LogP contribution in [-0.2, 0) is 0 Å². The SMILES string of the molecule is c1ccc(-c2c3cccc(-c4ccc5ccccc5c4)c3c(-c3ccccc3)c3c(-c4ccc5ccccc5c4)cccc23)cc1. The fourth-order valence-electron chi connectivity index (χ4n) is 7.33. The van der Waals surface area contributed by atoms with Crippen molar-refractivity contribution in [3.8, 4) is 44.5 Å². The molecular formula is C46H30. The zero-order valence-corrected chi connectivity index (χ0v) is 25.3. The number of rotatable bonds is 4. The highest BCUT2D eigenvalue weighted by Gasteiger charge is 2.22. The molecule has 0 nitrogen and oxygen atoms in total. The molecule has 0 heteroatoms. The van der Waals surface area contributed by atoms with E-state index in [9.17, 15) is 0 Å². The van der Waals surface area contributed by atoms with Crippen LogP contribution in [0.4, 0.5) is 0 Å². The van der Waals surface area contributed by atoms with Crippen molar-refractivity contribution in [3.05, 3.63) is 182 Å². The molecule has 9 aromatic rings. The largest absolute Gasteiger partial charge is 0.0622 e. The van der Waals surface area contributed by atoms with Gasteiger partial charge in [0.25, 0.3) is 0 Å². The lowest BCUT2D eigenvalue weighted by molar-refractivity contribution is 1.63. The fraction of sp³-hybridized carbons (Fsp3) is 0. The van der Waals surface area contributed by atoms with Crippen LogP contribution in [0, 0.1) is 0 Å². The van der Waals surface area contributed by atoms with Crippen LogP contribution in [-0.4, -0.2) is 0 Å². The molecule has 9 rings (SSSR count). The predicted octanol–water partition coefficient (Wildman–Crippen LogP) is 13.0. The molecule has 0 saturated heterocycles. The maximum absolute atomic E-state index is 2.35. The third-order valence-electron chi connectivity index (χ3n) is 9.41. The summed E-state index contributed by atoms with van der Waals surface area (Å²) in [6.07, 6.45) is 0. The highest BCUT2D eigenvalue weighted by atomic mass is 14.2. The molecule has 0 aliphatic heterocycles. The standard InChI is InChI=1S/C46H30/c1-3-15-33(16-4-1)43-41-23-11-21-39(37-27-25-31-13-7-9-19-35(31)29-37)45(41)44(34-17-5-2-6-18-34)46-40(22-12-24-42(43)46)38-28-26-32-14-8-10-20-36(32)30-38/h1-30H. The first-order valence-corrected chi connectivity index (χ1v) is 15.9. The van der Waals surface area contributed by atoms with Crippen molar-refractivity contribution in [3.63, 3.8) is 0 Å². The molecule has 214 valence electrons. The van der Waals surface area contributed by atoms with Crippen LogP contribution in [0.15, 0.2) is 182 Å². The van der Waals surface area contributed by atoms with Gasteiger partial charge in [-0.25, -0.2) is 0 Å². The van der Waals surface area contributed by atoms with Gasteiger partial charge in [-0.15, -0.1) is 0 Å². The summed E-state index contributed by atoms with van der Waals surface area (Å²) in [4.78, 5) is 0. The van der Waals surface area contributed by atoms with Gasteiger partial charge in [-0.3, -0.25) is 0 Å². The Bertz CT molecular complexity index is 2420. The quantitative estimate of drug-likeness (QED) is 0.181.